The van der Waals surface area contributed by atoms with Gasteiger partial charge < -0.3 is 14.2 Å². The summed E-state index contributed by atoms with van der Waals surface area (Å²) in [5.74, 6) is 1.63. The SMILES string of the molecule is CCO[SiH](CC(CC)C1CCCNC1)OCC. The highest BCUT2D eigenvalue weighted by atomic mass is 28.3. The Morgan fingerprint density at radius 3 is 2.41 bits per heavy atom. The molecule has 1 heterocycles. The Kier molecular flexibility index (Phi) is 8.10. The first-order valence-electron chi connectivity index (χ1n) is 7.25. The van der Waals surface area contributed by atoms with Crippen molar-refractivity contribution in [3.63, 3.8) is 0 Å². The van der Waals surface area contributed by atoms with Crippen LogP contribution in [-0.2, 0) is 8.85 Å². The van der Waals surface area contributed by atoms with Gasteiger partial charge in [0.1, 0.15) is 0 Å². The monoisotopic (exact) mass is 259 g/mol. The molecule has 0 spiro atoms. The Labute approximate surface area is 108 Å². The molecule has 4 heteroatoms. The third kappa shape index (κ3) is 5.51. The lowest BCUT2D eigenvalue weighted by Crippen LogP contribution is -2.36. The summed E-state index contributed by atoms with van der Waals surface area (Å²) >= 11 is 0. The molecule has 1 N–H and O–H groups in total. The molecular formula is C13H29NO2Si. The molecule has 2 unspecified atom stereocenters. The highest BCUT2D eigenvalue weighted by Crippen LogP contribution is 2.27. The van der Waals surface area contributed by atoms with E-state index in [2.05, 4.69) is 26.1 Å². The molecule has 0 amide bonds. The van der Waals surface area contributed by atoms with Gasteiger partial charge in [-0.3, -0.25) is 0 Å². The number of hydrogen-bond donors (Lipinski definition) is 1. The first kappa shape index (κ1) is 15.2. The van der Waals surface area contributed by atoms with Crippen LogP contribution in [0.4, 0.5) is 0 Å². The topological polar surface area (TPSA) is 30.5 Å². The minimum atomic E-state index is -1.41. The molecular weight excluding hydrogens is 230 g/mol. The molecule has 102 valence electrons. The van der Waals surface area contributed by atoms with Crippen LogP contribution in [0, 0.1) is 11.8 Å². The summed E-state index contributed by atoms with van der Waals surface area (Å²) in [6, 6.07) is 1.19. The minimum Gasteiger partial charge on any atom is -0.397 e. The Bertz CT molecular complexity index is 180. The van der Waals surface area contributed by atoms with Gasteiger partial charge in [-0.1, -0.05) is 13.3 Å². The number of nitrogens with one attached hydrogen (secondary N) is 1. The van der Waals surface area contributed by atoms with E-state index >= 15 is 0 Å². The van der Waals surface area contributed by atoms with Gasteiger partial charge in [-0.15, -0.1) is 0 Å². The Morgan fingerprint density at radius 2 is 1.94 bits per heavy atom. The molecule has 0 aromatic heterocycles. The molecule has 1 saturated heterocycles. The zero-order valence-corrected chi connectivity index (χ0v) is 12.9. The van der Waals surface area contributed by atoms with E-state index in [9.17, 15) is 0 Å². The van der Waals surface area contributed by atoms with Crippen molar-refractivity contribution in [2.75, 3.05) is 26.3 Å². The van der Waals surface area contributed by atoms with Crippen molar-refractivity contribution in [1.29, 1.82) is 0 Å². The summed E-state index contributed by atoms with van der Waals surface area (Å²) in [6.07, 6.45) is 3.97. The van der Waals surface area contributed by atoms with Crippen molar-refractivity contribution in [3.05, 3.63) is 0 Å². The molecule has 0 aliphatic carbocycles. The van der Waals surface area contributed by atoms with Gasteiger partial charge in [-0.05, 0) is 57.7 Å². The lowest BCUT2D eigenvalue weighted by atomic mass is 9.86. The molecule has 2 atom stereocenters. The summed E-state index contributed by atoms with van der Waals surface area (Å²) < 4.78 is 11.6. The van der Waals surface area contributed by atoms with Gasteiger partial charge in [-0.25, -0.2) is 0 Å². The van der Waals surface area contributed by atoms with Crippen LogP contribution in [0.15, 0.2) is 0 Å². The van der Waals surface area contributed by atoms with Gasteiger partial charge in [0.15, 0.2) is 0 Å². The Hall–Kier alpha value is 0.0969. The number of hydrogen-bond acceptors (Lipinski definition) is 3. The van der Waals surface area contributed by atoms with E-state index in [0.717, 1.165) is 25.0 Å². The third-order valence-corrected chi connectivity index (χ3v) is 6.13. The highest BCUT2D eigenvalue weighted by Gasteiger charge is 2.26. The van der Waals surface area contributed by atoms with Crippen LogP contribution in [0.3, 0.4) is 0 Å². The van der Waals surface area contributed by atoms with Crippen LogP contribution in [0.25, 0.3) is 0 Å². The average molecular weight is 259 g/mol. The molecule has 1 rings (SSSR count). The van der Waals surface area contributed by atoms with E-state index in [1.807, 2.05) is 0 Å². The molecule has 0 bridgehead atoms. The zero-order valence-electron chi connectivity index (χ0n) is 11.7. The molecule has 17 heavy (non-hydrogen) atoms. The quantitative estimate of drug-likeness (QED) is 0.679. The molecule has 3 nitrogen and oxygen atoms in total. The second-order valence-electron chi connectivity index (χ2n) is 4.85. The van der Waals surface area contributed by atoms with Crippen molar-refractivity contribution in [3.8, 4) is 0 Å². The standard InChI is InChI=1S/C13H29NO2Si/c1-4-12(13-8-7-9-14-10-13)11-17(15-5-2)16-6-3/h12-14,17H,4-11H2,1-3H3. The molecule has 1 aliphatic heterocycles. The van der Waals surface area contributed by atoms with Crippen LogP contribution in [0.5, 0.6) is 0 Å². The van der Waals surface area contributed by atoms with E-state index in [1.165, 1.54) is 38.4 Å². The van der Waals surface area contributed by atoms with Crippen molar-refractivity contribution in [2.45, 2.75) is 46.1 Å². The molecule has 1 fully saturated rings. The maximum Gasteiger partial charge on any atom is 0.321 e. The minimum absolute atomic E-state index is 0.789. The highest BCUT2D eigenvalue weighted by molar-refractivity contribution is 6.44. The van der Waals surface area contributed by atoms with Gasteiger partial charge in [0, 0.05) is 13.2 Å². The smallest absolute Gasteiger partial charge is 0.321 e. The fourth-order valence-electron chi connectivity index (χ4n) is 2.78. The van der Waals surface area contributed by atoms with Gasteiger partial charge in [0.25, 0.3) is 0 Å². The van der Waals surface area contributed by atoms with Gasteiger partial charge in [0.05, 0.1) is 0 Å². The maximum absolute atomic E-state index is 5.80. The first-order valence-corrected chi connectivity index (χ1v) is 9.01. The second kappa shape index (κ2) is 9.08. The Morgan fingerprint density at radius 1 is 1.24 bits per heavy atom. The van der Waals surface area contributed by atoms with Crippen LogP contribution in [0.1, 0.15) is 40.0 Å². The predicted molar refractivity (Wildman–Crippen MR) is 74.6 cm³/mol. The van der Waals surface area contributed by atoms with Gasteiger partial charge in [0.2, 0.25) is 0 Å². The van der Waals surface area contributed by atoms with E-state index in [1.54, 1.807) is 0 Å². The van der Waals surface area contributed by atoms with E-state index in [0.29, 0.717) is 0 Å². The number of rotatable bonds is 8. The summed E-state index contributed by atoms with van der Waals surface area (Å²) in [6.45, 7) is 10.4. The lowest BCUT2D eigenvalue weighted by molar-refractivity contribution is 0.193. The summed E-state index contributed by atoms with van der Waals surface area (Å²) in [7, 11) is -1.41. The largest absolute Gasteiger partial charge is 0.397 e. The molecule has 0 aromatic rings. The van der Waals surface area contributed by atoms with E-state index < -0.39 is 9.28 Å². The van der Waals surface area contributed by atoms with E-state index in [-0.39, 0.29) is 0 Å². The van der Waals surface area contributed by atoms with Gasteiger partial charge in [-0.2, -0.15) is 0 Å². The molecule has 0 saturated carbocycles. The maximum atomic E-state index is 5.80. The first-order chi connectivity index (χ1) is 8.31. The van der Waals surface area contributed by atoms with Crippen molar-refractivity contribution >= 4 is 9.28 Å². The molecule has 0 radical (unpaired) electrons. The fourth-order valence-corrected chi connectivity index (χ4v) is 5.10. The summed E-state index contributed by atoms with van der Waals surface area (Å²) in [4.78, 5) is 0. The number of piperidine rings is 1. The molecule has 1 aliphatic rings. The third-order valence-electron chi connectivity index (χ3n) is 3.73. The Balaban J connectivity index is 2.41. The summed E-state index contributed by atoms with van der Waals surface area (Å²) in [5, 5.41) is 3.52. The lowest BCUT2D eigenvalue weighted by Gasteiger charge is -2.31. The van der Waals surface area contributed by atoms with Crippen LogP contribution >= 0.6 is 0 Å². The summed E-state index contributed by atoms with van der Waals surface area (Å²) in [5.41, 5.74) is 0. The van der Waals surface area contributed by atoms with Crippen LogP contribution < -0.4 is 5.32 Å². The fraction of sp³-hybridized carbons (Fsp3) is 1.00. The average Bonchev–Trinajstić information content (AvgIpc) is 2.37. The predicted octanol–water partition coefficient (Wildman–Crippen LogP) is 2.31. The van der Waals surface area contributed by atoms with Crippen molar-refractivity contribution in [2.24, 2.45) is 11.8 Å². The van der Waals surface area contributed by atoms with Gasteiger partial charge >= 0.3 is 9.28 Å². The van der Waals surface area contributed by atoms with Crippen LogP contribution in [-0.4, -0.2) is 35.6 Å². The zero-order chi connectivity index (χ0) is 12.5. The van der Waals surface area contributed by atoms with Crippen LogP contribution in [0.2, 0.25) is 6.04 Å². The van der Waals surface area contributed by atoms with Crippen molar-refractivity contribution in [1.82, 2.24) is 5.32 Å². The second-order valence-corrected chi connectivity index (χ2v) is 6.85. The van der Waals surface area contributed by atoms with E-state index in [4.69, 9.17) is 8.85 Å². The normalized spacial score (nSPS) is 22.9. The molecule has 0 aromatic carbocycles. The van der Waals surface area contributed by atoms with Crippen molar-refractivity contribution < 1.29 is 8.85 Å².